The van der Waals surface area contributed by atoms with Gasteiger partial charge in [0.25, 0.3) is 0 Å². The third-order valence-electron chi connectivity index (χ3n) is 2.93. The normalized spacial score (nSPS) is 12.2. The molecule has 0 aliphatic heterocycles. The van der Waals surface area contributed by atoms with Gasteiger partial charge in [-0.3, -0.25) is 4.68 Å². The van der Waals surface area contributed by atoms with E-state index >= 15 is 0 Å². The van der Waals surface area contributed by atoms with Gasteiger partial charge in [-0.15, -0.1) is 0 Å². The minimum atomic E-state index is -0.0425. The van der Waals surface area contributed by atoms with E-state index < -0.39 is 0 Å². The highest BCUT2D eigenvalue weighted by Crippen LogP contribution is 2.23. The van der Waals surface area contributed by atoms with Crippen molar-refractivity contribution in [2.24, 2.45) is 0 Å². The minimum Gasteiger partial charge on any atom is -0.496 e. The summed E-state index contributed by atoms with van der Waals surface area (Å²) in [6, 6.07) is 5.90. The predicted octanol–water partition coefficient (Wildman–Crippen LogP) is 2.65. The number of aromatic nitrogens is 2. The molecule has 0 aliphatic carbocycles. The number of hydrogen-bond acceptors (Lipinski definition) is 4. The van der Waals surface area contributed by atoms with Crippen LogP contribution in [-0.4, -0.2) is 28.0 Å². The van der Waals surface area contributed by atoms with Gasteiger partial charge in [0.15, 0.2) is 0 Å². The Bertz CT molecular complexity index is 571. The molecule has 20 heavy (non-hydrogen) atoms. The molecule has 1 atom stereocenters. The van der Waals surface area contributed by atoms with Gasteiger partial charge >= 0.3 is 0 Å². The molecule has 0 saturated heterocycles. The molecular weight excluding hydrogens is 322 g/mol. The molecule has 0 aliphatic rings. The zero-order valence-corrected chi connectivity index (χ0v) is 13.1. The second-order valence-corrected chi connectivity index (χ2v) is 5.53. The highest BCUT2D eigenvalue weighted by Gasteiger charge is 2.07. The first-order valence-corrected chi connectivity index (χ1v) is 7.14. The van der Waals surface area contributed by atoms with E-state index in [0.29, 0.717) is 5.75 Å². The van der Waals surface area contributed by atoms with Gasteiger partial charge in [0, 0.05) is 23.5 Å². The Morgan fingerprint density at radius 3 is 2.90 bits per heavy atom. The number of methoxy groups -OCH3 is 1. The largest absolute Gasteiger partial charge is 0.496 e. The number of ether oxygens (including phenoxy) is 1. The molecule has 2 rings (SSSR count). The van der Waals surface area contributed by atoms with Gasteiger partial charge in [0.1, 0.15) is 5.75 Å². The summed E-state index contributed by atoms with van der Waals surface area (Å²) >= 11 is 3.38. The molecule has 2 N–H and O–H groups in total. The molecule has 5 nitrogen and oxygen atoms in total. The van der Waals surface area contributed by atoms with Crippen LogP contribution < -0.4 is 10.1 Å². The van der Waals surface area contributed by atoms with Crippen molar-refractivity contribution in [1.29, 1.82) is 0 Å². The summed E-state index contributed by atoms with van der Waals surface area (Å²) in [7, 11) is 1.60. The summed E-state index contributed by atoms with van der Waals surface area (Å²) in [5.74, 6) is 0.696. The molecule has 108 valence electrons. The first kappa shape index (κ1) is 14.9. The maximum Gasteiger partial charge on any atom is 0.124 e. The van der Waals surface area contributed by atoms with Crippen molar-refractivity contribution >= 4 is 21.6 Å². The average molecular weight is 340 g/mol. The van der Waals surface area contributed by atoms with Crippen LogP contribution in [0.3, 0.4) is 0 Å². The van der Waals surface area contributed by atoms with Crippen molar-refractivity contribution in [3.63, 3.8) is 0 Å². The Labute approximate surface area is 126 Å². The van der Waals surface area contributed by atoms with E-state index in [4.69, 9.17) is 4.74 Å². The number of anilines is 1. The maximum atomic E-state index is 9.32. The molecule has 1 heterocycles. The Morgan fingerprint density at radius 2 is 2.30 bits per heavy atom. The number of nitrogens with one attached hydrogen (secondary N) is 1. The number of aliphatic hydroxyl groups is 1. The lowest BCUT2D eigenvalue weighted by Crippen LogP contribution is -2.22. The second kappa shape index (κ2) is 6.76. The van der Waals surface area contributed by atoms with Crippen molar-refractivity contribution in [2.75, 3.05) is 12.4 Å². The van der Waals surface area contributed by atoms with Gasteiger partial charge < -0.3 is 15.2 Å². The molecule has 0 amide bonds. The summed E-state index contributed by atoms with van der Waals surface area (Å²) in [6.45, 7) is 2.80. The van der Waals surface area contributed by atoms with E-state index in [-0.39, 0.29) is 12.6 Å². The fraction of sp³-hybridized carbons (Fsp3) is 0.357. The number of hydrogen-bond donors (Lipinski definition) is 2. The van der Waals surface area contributed by atoms with Crippen molar-refractivity contribution in [2.45, 2.75) is 26.1 Å². The Morgan fingerprint density at radius 1 is 1.50 bits per heavy atom. The fourth-order valence-corrected chi connectivity index (χ4v) is 2.37. The topological polar surface area (TPSA) is 59.3 Å². The van der Waals surface area contributed by atoms with Gasteiger partial charge in [-0.05, 0) is 41.1 Å². The van der Waals surface area contributed by atoms with Crippen LogP contribution in [0.4, 0.5) is 5.69 Å². The number of benzene rings is 1. The van der Waals surface area contributed by atoms with Crippen LogP contribution in [0.25, 0.3) is 0 Å². The summed E-state index contributed by atoms with van der Waals surface area (Å²) in [4.78, 5) is 0. The molecule has 1 unspecified atom stereocenters. The summed E-state index contributed by atoms with van der Waals surface area (Å²) < 4.78 is 8.03. The third kappa shape index (κ3) is 3.74. The molecule has 0 spiro atoms. The molecule has 0 fully saturated rings. The average Bonchev–Trinajstić information content (AvgIpc) is 2.83. The van der Waals surface area contributed by atoms with Gasteiger partial charge in [0.2, 0.25) is 0 Å². The van der Waals surface area contributed by atoms with E-state index in [1.807, 2.05) is 29.1 Å². The van der Waals surface area contributed by atoms with Crippen LogP contribution >= 0.6 is 15.9 Å². The van der Waals surface area contributed by atoms with Gasteiger partial charge in [0.05, 0.1) is 30.9 Å². The zero-order chi connectivity index (χ0) is 14.5. The highest BCUT2D eigenvalue weighted by atomic mass is 79.9. The van der Waals surface area contributed by atoms with Crippen LogP contribution in [0.2, 0.25) is 0 Å². The molecule has 2 aromatic rings. The molecular formula is C14H18BrN3O2. The van der Waals surface area contributed by atoms with Gasteiger partial charge in [-0.2, -0.15) is 5.10 Å². The standard InChI is InChI=1S/C14H18BrN3O2/c1-10(7-18-8-12(15)6-16-18)17-13-3-4-14(20-2)11(5-13)9-19/h3-6,8,10,17,19H,7,9H2,1-2H3. The Balaban J connectivity index is 2.02. The maximum absolute atomic E-state index is 9.32. The van der Waals surface area contributed by atoms with Crippen LogP contribution in [-0.2, 0) is 13.2 Å². The highest BCUT2D eigenvalue weighted by molar-refractivity contribution is 9.10. The van der Waals surface area contributed by atoms with Crippen LogP contribution in [0.5, 0.6) is 5.75 Å². The monoisotopic (exact) mass is 339 g/mol. The molecule has 0 radical (unpaired) electrons. The van der Waals surface area contributed by atoms with Gasteiger partial charge in [-0.1, -0.05) is 0 Å². The van der Waals surface area contributed by atoms with E-state index in [9.17, 15) is 5.11 Å². The van der Waals surface area contributed by atoms with Crippen LogP contribution in [0, 0.1) is 0 Å². The fourth-order valence-electron chi connectivity index (χ4n) is 2.04. The Kier molecular flexibility index (Phi) is 5.03. The summed E-state index contributed by atoms with van der Waals surface area (Å²) in [6.07, 6.45) is 3.70. The smallest absolute Gasteiger partial charge is 0.124 e. The number of halogens is 1. The summed E-state index contributed by atoms with van der Waals surface area (Å²) in [5, 5.41) is 16.9. The molecule has 0 bridgehead atoms. The Hall–Kier alpha value is -1.53. The summed E-state index contributed by atoms with van der Waals surface area (Å²) in [5.41, 5.74) is 1.72. The lowest BCUT2D eigenvalue weighted by Gasteiger charge is -2.17. The molecule has 0 saturated carbocycles. The quantitative estimate of drug-likeness (QED) is 0.849. The lowest BCUT2D eigenvalue weighted by atomic mass is 10.1. The van der Waals surface area contributed by atoms with Crippen molar-refractivity contribution in [3.05, 3.63) is 40.6 Å². The number of aliphatic hydroxyl groups excluding tert-OH is 1. The van der Waals surface area contributed by atoms with E-state index in [2.05, 4.69) is 33.3 Å². The van der Waals surface area contributed by atoms with Gasteiger partial charge in [-0.25, -0.2) is 0 Å². The number of rotatable bonds is 6. The van der Waals surface area contributed by atoms with Crippen molar-refractivity contribution in [3.8, 4) is 5.75 Å². The molecule has 1 aromatic heterocycles. The predicted molar refractivity (Wildman–Crippen MR) is 81.9 cm³/mol. The first-order valence-electron chi connectivity index (χ1n) is 6.34. The van der Waals surface area contributed by atoms with Crippen molar-refractivity contribution in [1.82, 2.24) is 9.78 Å². The molecule has 6 heteroatoms. The van der Waals surface area contributed by atoms with E-state index in [0.717, 1.165) is 22.3 Å². The molecule has 1 aromatic carbocycles. The van der Waals surface area contributed by atoms with Crippen molar-refractivity contribution < 1.29 is 9.84 Å². The zero-order valence-electron chi connectivity index (χ0n) is 11.5. The van der Waals surface area contributed by atoms with E-state index in [1.165, 1.54) is 0 Å². The lowest BCUT2D eigenvalue weighted by molar-refractivity contribution is 0.274. The number of nitrogens with zero attached hydrogens (tertiary/aromatic N) is 2. The minimum absolute atomic E-state index is 0.0425. The van der Waals surface area contributed by atoms with E-state index in [1.54, 1.807) is 13.3 Å². The second-order valence-electron chi connectivity index (χ2n) is 4.61. The van der Waals surface area contributed by atoms with Crippen LogP contribution in [0.15, 0.2) is 35.1 Å². The SMILES string of the molecule is COc1ccc(NC(C)Cn2cc(Br)cn2)cc1CO. The first-order chi connectivity index (χ1) is 9.62. The third-order valence-corrected chi connectivity index (χ3v) is 3.34. The van der Waals surface area contributed by atoms with Crippen LogP contribution in [0.1, 0.15) is 12.5 Å².